The van der Waals surface area contributed by atoms with E-state index in [0.29, 0.717) is 16.7 Å². The van der Waals surface area contributed by atoms with Crippen LogP contribution in [0, 0.1) is 0 Å². The van der Waals surface area contributed by atoms with Gasteiger partial charge < -0.3 is 10.1 Å². The highest BCUT2D eigenvalue weighted by molar-refractivity contribution is 6.33. The maximum atomic E-state index is 6.22. The van der Waals surface area contributed by atoms with Gasteiger partial charge in [-0.05, 0) is 23.8 Å². The first-order valence-corrected chi connectivity index (χ1v) is 7.34. The van der Waals surface area contributed by atoms with Crippen LogP contribution in [0.15, 0.2) is 48.5 Å². The quantitative estimate of drug-likeness (QED) is 0.888. The molecule has 1 N–H and O–H groups in total. The Morgan fingerprint density at radius 3 is 2.55 bits per heavy atom. The Kier molecular flexibility index (Phi) is 4.27. The summed E-state index contributed by atoms with van der Waals surface area (Å²) in [6, 6.07) is 16.0. The van der Waals surface area contributed by atoms with Crippen LogP contribution in [0.25, 0.3) is 0 Å². The van der Waals surface area contributed by atoms with E-state index in [1.807, 2.05) is 30.3 Å². The van der Waals surface area contributed by atoms with Gasteiger partial charge in [0.25, 0.3) is 0 Å². The lowest BCUT2D eigenvalue weighted by atomic mass is 10.0. The van der Waals surface area contributed by atoms with E-state index in [1.165, 1.54) is 5.56 Å². The Morgan fingerprint density at radius 1 is 1.05 bits per heavy atom. The average Bonchev–Trinajstić information content (AvgIpc) is 2.51. The molecule has 0 aromatic heterocycles. The van der Waals surface area contributed by atoms with Gasteiger partial charge in [0.2, 0.25) is 0 Å². The summed E-state index contributed by atoms with van der Waals surface area (Å²) in [5, 5.41) is 4.88. The summed E-state index contributed by atoms with van der Waals surface area (Å²) in [5.74, 6) is 0. The molecule has 2 nitrogen and oxygen atoms in total. The Labute approximate surface area is 128 Å². The molecule has 2 aromatic rings. The highest BCUT2D eigenvalue weighted by Gasteiger charge is 2.24. The van der Waals surface area contributed by atoms with Gasteiger partial charge in [-0.2, -0.15) is 0 Å². The molecule has 1 aliphatic heterocycles. The van der Waals surface area contributed by atoms with Crippen LogP contribution >= 0.6 is 23.2 Å². The standard InChI is InChI=1S/C16H15Cl2NO/c17-12-6-7-14(18)13(8-12)16-9-19-15(10-20-16)11-4-2-1-3-5-11/h1-8,15-16,19H,9-10H2. The van der Waals surface area contributed by atoms with E-state index in [-0.39, 0.29) is 12.1 Å². The normalized spacial score (nSPS) is 22.7. The van der Waals surface area contributed by atoms with E-state index in [4.69, 9.17) is 27.9 Å². The Morgan fingerprint density at radius 2 is 1.85 bits per heavy atom. The van der Waals surface area contributed by atoms with Crippen molar-refractivity contribution in [2.75, 3.05) is 13.2 Å². The van der Waals surface area contributed by atoms with Crippen molar-refractivity contribution in [3.05, 3.63) is 69.7 Å². The summed E-state index contributed by atoms with van der Waals surface area (Å²) in [5.41, 5.74) is 2.18. The van der Waals surface area contributed by atoms with Crippen molar-refractivity contribution >= 4 is 23.2 Å². The van der Waals surface area contributed by atoms with Crippen LogP contribution in [0.2, 0.25) is 10.0 Å². The van der Waals surface area contributed by atoms with Gasteiger partial charge in [-0.3, -0.25) is 0 Å². The molecule has 2 atom stereocenters. The van der Waals surface area contributed by atoms with Crippen molar-refractivity contribution in [2.45, 2.75) is 12.1 Å². The van der Waals surface area contributed by atoms with Crippen molar-refractivity contribution in [3.63, 3.8) is 0 Å². The fraction of sp³-hybridized carbons (Fsp3) is 0.250. The molecule has 0 saturated carbocycles. The number of nitrogens with one attached hydrogen (secondary N) is 1. The summed E-state index contributed by atoms with van der Waals surface area (Å²) in [7, 11) is 0. The van der Waals surface area contributed by atoms with Gasteiger partial charge >= 0.3 is 0 Å². The van der Waals surface area contributed by atoms with E-state index < -0.39 is 0 Å². The second-order valence-corrected chi connectivity index (χ2v) is 5.70. The Bertz CT molecular complexity index is 580. The van der Waals surface area contributed by atoms with E-state index in [2.05, 4.69) is 17.4 Å². The predicted octanol–water partition coefficient (Wildman–Crippen LogP) is 4.40. The first kappa shape index (κ1) is 13.9. The van der Waals surface area contributed by atoms with Crippen molar-refractivity contribution < 1.29 is 4.74 Å². The molecule has 4 heteroatoms. The number of halogens is 2. The summed E-state index contributed by atoms with van der Waals surface area (Å²) in [6.07, 6.45) is -0.0545. The predicted molar refractivity (Wildman–Crippen MR) is 82.3 cm³/mol. The van der Waals surface area contributed by atoms with Crippen LogP contribution < -0.4 is 5.32 Å². The van der Waals surface area contributed by atoms with E-state index in [1.54, 1.807) is 6.07 Å². The van der Waals surface area contributed by atoms with Gasteiger partial charge in [0.15, 0.2) is 0 Å². The van der Waals surface area contributed by atoms with Gasteiger partial charge in [0.1, 0.15) is 0 Å². The van der Waals surface area contributed by atoms with E-state index in [9.17, 15) is 0 Å². The minimum absolute atomic E-state index is 0.0545. The lowest BCUT2D eigenvalue weighted by Gasteiger charge is -2.31. The fourth-order valence-electron chi connectivity index (χ4n) is 2.44. The number of hydrogen-bond acceptors (Lipinski definition) is 2. The van der Waals surface area contributed by atoms with Gasteiger partial charge in [-0.15, -0.1) is 0 Å². The SMILES string of the molecule is Clc1ccc(Cl)c(C2CNC(c3ccccc3)CO2)c1. The lowest BCUT2D eigenvalue weighted by Crippen LogP contribution is -2.36. The fourth-order valence-corrected chi connectivity index (χ4v) is 2.86. The molecule has 20 heavy (non-hydrogen) atoms. The molecule has 0 aliphatic carbocycles. The molecule has 0 spiro atoms. The van der Waals surface area contributed by atoms with E-state index >= 15 is 0 Å². The molecule has 2 unspecified atom stereocenters. The zero-order valence-electron chi connectivity index (χ0n) is 10.9. The van der Waals surface area contributed by atoms with E-state index in [0.717, 1.165) is 12.1 Å². The van der Waals surface area contributed by atoms with Gasteiger partial charge in [0, 0.05) is 22.2 Å². The van der Waals surface area contributed by atoms with Crippen molar-refractivity contribution in [1.29, 1.82) is 0 Å². The maximum Gasteiger partial charge on any atom is 0.0965 e. The first-order valence-electron chi connectivity index (χ1n) is 6.59. The third kappa shape index (κ3) is 2.99. The molecule has 3 rings (SSSR count). The third-order valence-electron chi connectivity index (χ3n) is 3.52. The number of rotatable bonds is 2. The topological polar surface area (TPSA) is 21.3 Å². The first-order chi connectivity index (χ1) is 9.74. The van der Waals surface area contributed by atoms with Gasteiger partial charge in [0.05, 0.1) is 18.8 Å². The summed E-state index contributed by atoms with van der Waals surface area (Å²) in [4.78, 5) is 0. The minimum Gasteiger partial charge on any atom is -0.370 e. The molecule has 1 aliphatic rings. The highest BCUT2D eigenvalue weighted by atomic mass is 35.5. The molecular formula is C16H15Cl2NO. The van der Waals surface area contributed by atoms with Gasteiger partial charge in [-0.25, -0.2) is 0 Å². The molecule has 1 heterocycles. The number of morpholine rings is 1. The monoisotopic (exact) mass is 307 g/mol. The second-order valence-electron chi connectivity index (χ2n) is 4.86. The minimum atomic E-state index is -0.0545. The number of benzene rings is 2. The van der Waals surface area contributed by atoms with Crippen LogP contribution in [-0.4, -0.2) is 13.2 Å². The summed E-state index contributed by atoms with van der Waals surface area (Å²) in [6.45, 7) is 1.34. The van der Waals surface area contributed by atoms with Crippen LogP contribution in [0.3, 0.4) is 0 Å². The molecule has 0 amide bonds. The number of hydrogen-bond donors (Lipinski definition) is 1. The smallest absolute Gasteiger partial charge is 0.0965 e. The average molecular weight is 308 g/mol. The summed E-state index contributed by atoms with van der Waals surface area (Å²) < 4.78 is 5.96. The lowest BCUT2D eigenvalue weighted by molar-refractivity contribution is 0.00244. The van der Waals surface area contributed by atoms with Crippen molar-refractivity contribution in [2.24, 2.45) is 0 Å². The van der Waals surface area contributed by atoms with Crippen molar-refractivity contribution in [3.8, 4) is 0 Å². The molecule has 0 radical (unpaired) electrons. The molecule has 1 saturated heterocycles. The third-order valence-corrected chi connectivity index (χ3v) is 4.10. The van der Waals surface area contributed by atoms with Gasteiger partial charge in [-0.1, -0.05) is 53.5 Å². The maximum absolute atomic E-state index is 6.22. The largest absolute Gasteiger partial charge is 0.370 e. The zero-order chi connectivity index (χ0) is 13.9. The molecule has 104 valence electrons. The molecule has 0 bridgehead atoms. The molecule has 1 fully saturated rings. The Balaban J connectivity index is 1.71. The van der Waals surface area contributed by atoms with Crippen LogP contribution in [0.5, 0.6) is 0 Å². The molecule has 2 aromatic carbocycles. The van der Waals surface area contributed by atoms with Crippen molar-refractivity contribution in [1.82, 2.24) is 5.32 Å². The highest BCUT2D eigenvalue weighted by Crippen LogP contribution is 2.31. The molecular weight excluding hydrogens is 293 g/mol. The Hall–Kier alpha value is -1.06. The van der Waals surface area contributed by atoms with Crippen LogP contribution in [0.1, 0.15) is 23.3 Å². The van der Waals surface area contributed by atoms with Crippen LogP contribution in [-0.2, 0) is 4.74 Å². The number of ether oxygens (including phenoxy) is 1. The zero-order valence-corrected chi connectivity index (χ0v) is 12.4. The van der Waals surface area contributed by atoms with Crippen LogP contribution in [0.4, 0.5) is 0 Å². The second kappa shape index (κ2) is 6.15. The summed E-state index contributed by atoms with van der Waals surface area (Å²) >= 11 is 12.2.